The first-order valence-electron chi connectivity index (χ1n) is 10.9. The molecule has 0 atom stereocenters. The molecule has 0 aliphatic carbocycles. The number of nitrogens with zero attached hydrogens (tertiary/aromatic N) is 1. The molecule has 0 unspecified atom stereocenters. The molecule has 1 N–H and O–H groups in total. The third-order valence-electron chi connectivity index (χ3n) is 5.96. The lowest BCUT2D eigenvalue weighted by Crippen LogP contribution is -2.47. The molecule has 2 aromatic carbocycles. The first-order chi connectivity index (χ1) is 13.9. The Labute approximate surface area is 170 Å². The Morgan fingerprint density at radius 3 is 1.82 bits per heavy atom. The van der Waals surface area contributed by atoms with Crippen LogP contribution in [-0.4, -0.2) is 36.5 Å². The molecule has 3 nitrogen and oxygen atoms in total. The van der Waals surface area contributed by atoms with Crippen molar-refractivity contribution in [3.63, 3.8) is 0 Å². The molecule has 150 valence electrons. The molecule has 1 saturated heterocycles. The summed E-state index contributed by atoms with van der Waals surface area (Å²) in [6.45, 7) is 2.05. The van der Waals surface area contributed by atoms with E-state index >= 15 is 0 Å². The van der Waals surface area contributed by atoms with Gasteiger partial charge < -0.3 is 10.2 Å². The van der Waals surface area contributed by atoms with Crippen LogP contribution in [-0.2, 0) is 17.6 Å². The van der Waals surface area contributed by atoms with Gasteiger partial charge >= 0.3 is 0 Å². The van der Waals surface area contributed by atoms with E-state index in [2.05, 4.69) is 70.9 Å². The molecule has 1 heterocycles. The van der Waals surface area contributed by atoms with Crippen molar-refractivity contribution in [3.8, 4) is 0 Å². The van der Waals surface area contributed by atoms with Crippen molar-refractivity contribution in [2.24, 2.45) is 0 Å². The van der Waals surface area contributed by atoms with E-state index in [0.29, 0.717) is 12.1 Å². The summed E-state index contributed by atoms with van der Waals surface area (Å²) in [5.41, 5.74) is 2.79. The molecule has 28 heavy (non-hydrogen) atoms. The fraction of sp³-hybridized carbons (Fsp3) is 0.480. The highest BCUT2D eigenvalue weighted by molar-refractivity contribution is 5.48. The van der Waals surface area contributed by atoms with E-state index in [1.807, 2.05) is 0 Å². The van der Waals surface area contributed by atoms with Crippen LogP contribution < -0.4 is 5.32 Å². The standard InChI is InChI=1S/C25H34N2O/c28-21-27(25-17-19-26-20-18-25)24(15-7-13-22-9-3-1-4-10-22)16-8-14-23-11-5-2-6-12-23/h1-6,9-12,21,24-26H,7-8,13-20H2. The number of rotatable bonds is 11. The summed E-state index contributed by atoms with van der Waals surface area (Å²) in [6.07, 6.45) is 9.91. The molecular formula is C25H34N2O. The van der Waals surface area contributed by atoms with Crippen molar-refractivity contribution >= 4 is 6.41 Å². The van der Waals surface area contributed by atoms with E-state index in [1.54, 1.807) is 0 Å². The van der Waals surface area contributed by atoms with Gasteiger partial charge in [-0.25, -0.2) is 0 Å². The van der Waals surface area contributed by atoms with Crippen molar-refractivity contribution < 1.29 is 4.79 Å². The van der Waals surface area contributed by atoms with Crippen LogP contribution in [0.3, 0.4) is 0 Å². The molecular weight excluding hydrogens is 344 g/mol. The second-order valence-electron chi connectivity index (χ2n) is 7.94. The van der Waals surface area contributed by atoms with E-state index in [-0.39, 0.29) is 0 Å². The molecule has 0 aromatic heterocycles. The highest BCUT2D eigenvalue weighted by Gasteiger charge is 2.25. The molecule has 0 radical (unpaired) electrons. The average molecular weight is 379 g/mol. The summed E-state index contributed by atoms with van der Waals surface area (Å²) in [7, 11) is 0. The first-order valence-corrected chi connectivity index (χ1v) is 10.9. The topological polar surface area (TPSA) is 32.3 Å². The molecule has 1 aliphatic heterocycles. The molecule has 0 spiro atoms. The minimum absolute atomic E-state index is 0.355. The van der Waals surface area contributed by atoms with Crippen LogP contribution in [0.25, 0.3) is 0 Å². The molecule has 3 rings (SSSR count). The second-order valence-corrected chi connectivity index (χ2v) is 7.94. The Morgan fingerprint density at radius 1 is 0.857 bits per heavy atom. The molecule has 2 aromatic rings. The monoisotopic (exact) mass is 378 g/mol. The van der Waals surface area contributed by atoms with E-state index in [4.69, 9.17) is 0 Å². The van der Waals surface area contributed by atoms with Crippen molar-refractivity contribution in [3.05, 3.63) is 71.8 Å². The van der Waals surface area contributed by atoms with Gasteiger partial charge in [0.25, 0.3) is 0 Å². The zero-order valence-electron chi connectivity index (χ0n) is 16.9. The lowest BCUT2D eigenvalue weighted by atomic mass is 9.95. The summed E-state index contributed by atoms with van der Waals surface area (Å²) < 4.78 is 0. The van der Waals surface area contributed by atoms with Crippen LogP contribution in [0.15, 0.2) is 60.7 Å². The second kappa shape index (κ2) is 11.7. The van der Waals surface area contributed by atoms with Crippen LogP contribution in [0.4, 0.5) is 0 Å². The van der Waals surface area contributed by atoms with Crippen LogP contribution in [0.5, 0.6) is 0 Å². The maximum atomic E-state index is 12.0. The maximum Gasteiger partial charge on any atom is 0.210 e. The summed E-state index contributed by atoms with van der Waals surface area (Å²) >= 11 is 0. The van der Waals surface area contributed by atoms with Gasteiger partial charge in [0, 0.05) is 12.1 Å². The van der Waals surface area contributed by atoms with Gasteiger partial charge in [0.15, 0.2) is 0 Å². The van der Waals surface area contributed by atoms with E-state index in [1.165, 1.54) is 11.1 Å². The van der Waals surface area contributed by atoms with E-state index in [9.17, 15) is 4.79 Å². The first kappa shape index (κ1) is 20.6. The zero-order chi connectivity index (χ0) is 19.4. The van der Waals surface area contributed by atoms with Gasteiger partial charge in [-0.1, -0.05) is 60.7 Å². The minimum atomic E-state index is 0.355. The highest BCUT2D eigenvalue weighted by atomic mass is 16.1. The molecule has 1 amide bonds. The SMILES string of the molecule is O=CN(C(CCCc1ccccc1)CCCc1ccccc1)C1CCNCC1. The Morgan fingerprint density at radius 2 is 1.36 bits per heavy atom. The number of hydrogen-bond acceptors (Lipinski definition) is 2. The Hall–Kier alpha value is -2.13. The van der Waals surface area contributed by atoms with Gasteiger partial charge in [-0.15, -0.1) is 0 Å². The number of benzene rings is 2. The maximum absolute atomic E-state index is 12.0. The molecule has 0 saturated carbocycles. The molecule has 0 bridgehead atoms. The third-order valence-corrected chi connectivity index (χ3v) is 5.96. The van der Waals surface area contributed by atoms with Crippen LogP contribution in [0.2, 0.25) is 0 Å². The summed E-state index contributed by atoms with van der Waals surface area (Å²) in [5.74, 6) is 0. The van der Waals surface area contributed by atoms with Crippen molar-refractivity contribution in [1.29, 1.82) is 0 Å². The average Bonchev–Trinajstić information content (AvgIpc) is 2.76. The van der Waals surface area contributed by atoms with Gasteiger partial charge in [-0.2, -0.15) is 0 Å². The smallest absolute Gasteiger partial charge is 0.210 e. The Kier molecular flexibility index (Phi) is 8.57. The van der Waals surface area contributed by atoms with Crippen molar-refractivity contribution in [1.82, 2.24) is 10.2 Å². The Balaban J connectivity index is 1.57. The van der Waals surface area contributed by atoms with Crippen LogP contribution >= 0.6 is 0 Å². The van der Waals surface area contributed by atoms with Gasteiger partial charge in [-0.05, 0) is 75.6 Å². The predicted molar refractivity (Wildman–Crippen MR) is 116 cm³/mol. The predicted octanol–water partition coefficient (Wildman–Crippen LogP) is 4.61. The normalized spacial score (nSPS) is 14.9. The number of carbonyl (C=O) groups is 1. The molecule has 3 heteroatoms. The van der Waals surface area contributed by atoms with Crippen LogP contribution in [0, 0.1) is 0 Å². The van der Waals surface area contributed by atoms with E-state index < -0.39 is 0 Å². The largest absolute Gasteiger partial charge is 0.339 e. The number of aryl methyl sites for hydroxylation is 2. The van der Waals surface area contributed by atoms with Gasteiger partial charge in [0.2, 0.25) is 6.41 Å². The van der Waals surface area contributed by atoms with Crippen LogP contribution in [0.1, 0.15) is 49.7 Å². The lowest BCUT2D eigenvalue weighted by Gasteiger charge is -2.38. The summed E-state index contributed by atoms with van der Waals surface area (Å²) in [4.78, 5) is 14.2. The number of amides is 1. The number of nitrogens with one attached hydrogen (secondary N) is 1. The van der Waals surface area contributed by atoms with Crippen molar-refractivity contribution in [2.75, 3.05) is 13.1 Å². The quantitative estimate of drug-likeness (QED) is 0.579. The van der Waals surface area contributed by atoms with E-state index in [0.717, 1.165) is 70.9 Å². The van der Waals surface area contributed by atoms with Gasteiger partial charge in [0.1, 0.15) is 0 Å². The van der Waals surface area contributed by atoms with Crippen molar-refractivity contribution in [2.45, 2.75) is 63.5 Å². The van der Waals surface area contributed by atoms with Gasteiger partial charge in [-0.3, -0.25) is 4.79 Å². The Bertz CT molecular complexity index is 622. The molecule has 1 fully saturated rings. The summed E-state index contributed by atoms with van der Waals surface area (Å²) in [6, 6.07) is 22.2. The highest BCUT2D eigenvalue weighted by Crippen LogP contribution is 2.22. The lowest BCUT2D eigenvalue weighted by molar-refractivity contribution is -0.123. The third kappa shape index (κ3) is 6.49. The molecule has 1 aliphatic rings. The fourth-order valence-corrected chi connectivity index (χ4v) is 4.39. The van der Waals surface area contributed by atoms with Gasteiger partial charge in [0.05, 0.1) is 0 Å². The number of carbonyl (C=O) groups excluding carboxylic acids is 1. The zero-order valence-corrected chi connectivity index (χ0v) is 16.9. The fourth-order valence-electron chi connectivity index (χ4n) is 4.39. The minimum Gasteiger partial charge on any atom is -0.339 e. The number of piperidine rings is 1. The number of hydrogen-bond donors (Lipinski definition) is 1. The summed E-state index contributed by atoms with van der Waals surface area (Å²) in [5, 5.41) is 3.42.